The number of carbonyl (C=O) groups is 2. The number of hydrogen-bond acceptors (Lipinski definition) is 4. The summed E-state index contributed by atoms with van der Waals surface area (Å²) >= 11 is 0. The van der Waals surface area contributed by atoms with E-state index in [0.717, 1.165) is 5.69 Å². The smallest absolute Gasteiger partial charge is 0.306 e. The zero-order valence-electron chi connectivity index (χ0n) is 10.9. The second-order valence-electron chi connectivity index (χ2n) is 5.04. The minimum Gasteiger partial charge on any atom is -0.481 e. The van der Waals surface area contributed by atoms with Gasteiger partial charge in [0.2, 0.25) is 5.91 Å². The molecule has 1 amide bonds. The summed E-state index contributed by atoms with van der Waals surface area (Å²) in [5.41, 5.74) is 0.784. The van der Waals surface area contributed by atoms with Crippen LogP contribution in [-0.2, 0) is 16.1 Å². The number of nitrogens with zero attached hydrogens (tertiary/aromatic N) is 1. The van der Waals surface area contributed by atoms with Crippen LogP contribution in [0.2, 0.25) is 0 Å². The Hall–Kier alpha value is -1.85. The second-order valence-corrected chi connectivity index (χ2v) is 5.04. The van der Waals surface area contributed by atoms with E-state index in [9.17, 15) is 9.59 Å². The van der Waals surface area contributed by atoms with Crippen LogP contribution in [0.25, 0.3) is 0 Å². The van der Waals surface area contributed by atoms with Gasteiger partial charge in [-0.2, -0.15) is 0 Å². The maximum atomic E-state index is 11.9. The van der Waals surface area contributed by atoms with Gasteiger partial charge in [-0.3, -0.25) is 9.59 Å². The van der Waals surface area contributed by atoms with Crippen LogP contribution in [0, 0.1) is 18.8 Å². The number of hydrogen-bond donors (Lipinski definition) is 2. The molecular formula is C13H18N2O4. The van der Waals surface area contributed by atoms with Crippen LogP contribution in [-0.4, -0.2) is 22.1 Å². The summed E-state index contributed by atoms with van der Waals surface area (Å²) in [6, 6.07) is 1.78. The van der Waals surface area contributed by atoms with Gasteiger partial charge in [0.25, 0.3) is 0 Å². The van der Waals surface area contributed by atoms with Gasteiger partial charge >= 0.3 is 5.97 Å². The number of amides is 1. The second kappa shape index (κ2) is 5.86. The third-order valence-electron chi connectivity index (χ3n) is 3.56. The SMILES string of the molecule is Cc1cc(CNC(=O)C2CCC(C(=O)O)CC2)on1. The van der Waals surface area contributed by atoms with Crippen LogP contribution in [0.1, 0.15) is 37.1 Å². The van der Waals surface area contributed by atoms with Crippen molar-refractivity contribution in [2.75, 3.05) is 0 Å². The third-order valence-corrected chi connectivity index (χ3v) is 3.56. The molecule has 0 radical (unpaired) electrons. The van der Waals surface area contributed by atoms with Crippen molar-refractivity contribution in [1.29, 1.82) is 0 Å². The Bertz CT molecular complexity index is 461. The number of nitrogens with one attached hydrogen (secondary N) is 1. The first-order chi connectivity index (χ1) is 9.06. The standard InChI is InChI=1S/C13H18N2O4/c1-8-6-11(19-15-8)7-14-12(16)9-2-4-10(5-3-9)13(17)18/h6,9-10H,2-5,7H2,1H3,(H,14,16)(H,17,18). The average Bonchev–Trinajstić information content (AvgIpc) is 2.82. The Morgan fingerprint density at radius 2 is 2.00 bits per heavy atom. The largest absolute Gasteiger partial charge is 0.481 e. The molecule has 1 aromatic rings. The Morgan fingerprint density at radius 3 is 2.53 bits per heavy atom. The van der Waals surface area contributed by atoms with E-state index < -0.39 is 5.97 Å². The molecule has 0 spiro atoms. The highest BCUT2D eigenvalue weighted by molar-refractivity contribution is 5.79. The van der Waals surface area contributed by atoms with E-state index >= 15 is 0 Å². The molecule has 19 heavy (non-hydrogen) atoms. The van der Waals surface area contributed by atoms with Crippen LogP contribution >= 0.6 is 0 Å². The van der Waals surface area contributed by atoms with Gasteiger partial charge in [0.05, 0.1) is 18.2 Å². The van der Waals surface area contributed by atoms with E-state index in [-0.39, 0.29) is 17.7 Å². The van der Waals surface area contributed by atoms with Crippen molar-refractivity contribution in [3.63, 3.8) is 0 Å². The molecule has 2 rings (SSSR count). The van der Waals surface area contributed by atoms with Gasteiger partial charge in [0.1, 0.15) is 0 Å². The molecule has 0 bridgehead atoms. The van der Waals surface area contributed by atoms with Crippen molar-refractivity contribution < 1.29 is 19.2 Å². The first kappa shape index (κ1) is 13.6. The van der Waals surface area contributed by atoms with Crippen molar-refractivity contribution in [3.8, 4) is 0 Å². The number of carboxylic acid groups (broad SMARTS) is 1. The minimum atomic E-state index is -0.754. The van der Waals surface area contributed by atoms with Crippen molar-refractivity contribution in [2.24, 2.45) is 11.8 Å². The Kier molecular flexibility index (Phi) is 4.19. The predicted molar refractivity (Wildman–Crippen MR) is 66.2 cm³/mol. The molecule has 1 heterocycles. The number of carboxylic acids is 1. The Morgan fingerprint density at radius 1 is 1.37 bits per heavy atom. The Labute approximate surface area is 111 Å². The first-order valence-electron chi connectivity index (χ1n) is 6.49. The summed E-state index contributed by atoms with van der Waals surface area (Å²) in [6.45, 7) is 2.15. The molecular weight excluding hydrogens is 248 g/mol. The molecule has 1 aliphatic carbocycles. The van der Waals surface area contributed by atoms with Gasteiger partial charge in [0.15, 0.2) is 5.76 Å². The van der Waals surface area contributed by atoms with Gasteiger partial charge in [0, 0.05) is 12.0 Å². The van der Waals surface area contributed by atoms with Gasteiger partial charge in [-0.1, -0.05) is 5.16 Å². The summed E-state index contributed by atoms with van der Waals surface area (Å²) in [5.74, 6) is -0.528. The summed E-state index contributed by atoms with van der Waals surface area (Å²) < 4.78 is 5.01. The van der Waals surface area contributed by atoms with Crippen LogP contribution in [0.4, 0.5) is 0 Å². The molecule has 6 heteroatoms. The molecule has 1 saturated carbocycles. The fourth-order valence-electron chi connectivity index (χ4n) is 2.42. The van der Waals surface area contributed by atoms with Crippen molar-refractivity contribution in [3.05, 3.63) is 17.5 Å². The highest BCUT2D eigenvalue weighted by atomic mass is 16.5. The number of aliphatic carboxylic acids is 1. The summed E-state index contributed by atoms with van der Waals surface area (Å²) in [7, 11) is 0. The summed E-state index contributed by atoms with van der Waals surface area (Å²) in [4.78, 5) is 22.8. The van der Waals surface area contributed by atoms with E-state index in [4.69, 9.17) is 9.63 Å². The highest BCUT2D eigenvalue weighted by Crippen LogP contribution is 2.29. The monoisotopic (exact) mass is 266 g/mol. The van der Waals surface area contributed by atoms with Crippen molar-refractivity contribution >= 4 is 11.9 Å². The molecule has 2 N–H and O–H groups in total. The molecule has 0 unspecified atom stereocenters. The number of aryl methyl sites for hydroxylation is 1. The maximum Gasteiger partial charge on any atom is 0.306 e. The molecule has 1 aromatic heterocycles. The van der Waals surface area contributed by atoms with E-state index in [2.05, 4.69) is 10.5 Å². The molecule has 1 fully saturated rings. The van der Waals surface area contributed by atoms with Gasteiger partial charge < -0.3 is 14.9 Å². The zero-order chi connectivity index (χ0) is 13.8. The lowest BCUT2D eigenvalue weighted by Crippen LogP contribution is -2.34. The van der Waals surface area contributed by atoms with Crippen LogP contribution in [0.15, 0.2) is 10.6 Å². The van der Waals surface area contributed by atoms with E-state index in [0.29, 0.717) is 38.0 Å². The number of aromatic nitrogens is 1. The summed E-state index contributed by atoms with van der Waals surface area (Å²) in [6.07, 6.45) is 2.43. The van der Waals surface area contributed by atoms with Crippen molar-refractivity contribution in [1.82, 2.24) is 10.5 Å². The van der Waals surface area contributed by atoms with E-state index in [1.165, 1.54) is 0 Å². The average molecular weight is 266 g/mol. The molecule has 0 atom stereocenters. The normalized spacial score (nSPS) is 23.0. The predicted octanol–water partition coefficient (Wildman–Crippen LogP) is 1.49. The lowest BCUT2D eigenvalue weighted by Gasteiger charge is -2.24. The lowest BCUT2D eigenvalue weighted by molar-refractivity contribution is -0.144. The van der Waals surface area contributed by atoms with Gasteiger partial charge in [-0.15, -0.1) is 0 Å². The molecule has 1 aliphatic rings. The lowest BCUT2D eigenvalue weighted by atomic mass is 9.81. The molecule has 0 aromatic carbocycles. The Balaban J connectivity index is 1.77. The zero-order valence-corrected chi connectivity index (χ0v) is 10.9. The summed E-state index contributed by atoms with van der Waals surface area (Å²) in [5, 5.41) is 15.4. The van der Waals surface area contributed by atoms with Crippen LogP contribution in [0.3, 0.4) is 0 Å². The molecule has 104 valence electrons. The number of rotatable bonds is 4. The van der Waals surface area contributed by atoms with E-state index in [1.807, 2.05) is 6.92 Å². The topological polar surface area (TPSA) is 92.4 Å². The maximum absolute atomic E-state index is 11.9. The van der Waals surface area contributed by atoms with Gasteiger partial charge in [-0.25, -0.2) is 0 Å². The fourth-order valence-corrected chi connectivity index (χ4v) is 2.42. The minimum absolute atomic E-state index is 0.0297. The van der Waals surface area contributed by atoms with E-state index in [1.54, 1.807) is 6.07 Å². The van der Waals surface area contributed by atoms with Crippen molar-refractivity contribution in [2.45, 2.75) is 39.2 Å². The highest BCUT2D eigenvalue weighted by Gasteiger charge is 2.29. The van der Waals surface area contributed by atoms with Crippen LogP contribution < -0.4 is 5.32 Å². The quantitative estimate of drug-likeness (QED) is 0.861. The van der Waals surface area contributed by atoms with Gasteiger partial charge in [-0.05, 0) is 32.6 Å². The molecule has 6 nitrogen and oxygen atoms in total. The molecule has 0 aliphatic heterocycles. The third kappa shape index (κ3) is 3.56. The fraction of sp³-hybridized carbons (Fsp3) is 0.615. The first-order valence-corrected chi connectivity index (χ1v) is 6.49. The van der Waals surface area contributed by atoms with Crippen LogP contribution in [0.5, 0.6) is 0 Å². The molecule has 0 saturated heterocycles. The number of carbonyl (C=O) groups excluding carboxylic acids is 1.